The van der Waals surface area contributed by atoms with E-state index in [2.05, 4.69) is 11.9 Å². The summed E-state index contributed by atoms with van der Waals surface area (Å²) in [5, 5.41) is 9.78. The molecule has 2 aromatic carbocycles. The molecule has 1 heterocycles. The summed E-state index contributed by atoms with van der Waals surface area (Å²) >= 11 is 0. The van der Waals surface area contributed by atoms with E-state index in [0.717, 1.165) is 30.1 Å². The van der Waals surface area contributed by atoms with Crippen LogP contribution in [-0.4, -0.2) is 68.2 Å². The Morgan fingerprint density at radius 1 is 1.12 bits per heavy atom. The molecule has 1 fully saturated rings. The highest BCUT2D eigenvalue weighted by Crippen LogP contribution is 2.37. The smallest absolute Gasteiger partial charge is 0.247 e. The Balaban J connectivity index is 1.74. The van der Waals surface area contributed by atoms with Crippen molar-refractivity contribution in [2.45, 2.75) is 43.7 Å². The second-order valence-corrected chi connectivity index (χ2v) is 11.3. The zero-order chi connectivity index (χ0) is 22.9. The summed E-state index contributed by atoms with van der Waals surface area (Å²) in [4.78, 5) is 2.47. The molecule has 0 amide bonds. The third-order valence-electron chi connectivity index (χ3n) is 6.53. The van der Waals surface area contributed by atoms with Crippen LogP contribution in [0.15, 0.2) is 53.4 Å². The van der Waals surface area contributed by atoms with Crippen LogP contribution >= 0.6 is 0 Å². The van der Waals surface area contributed by atoms with Crippen LogP contribution in [0.1, 0.15) is 26.7 Å². The monoisotopic (exact) mass is 458 g/mol. The van der Waals surface area contributed by atoms with Gasteiger partial charge in [-0.1, -0.05) is 43.3 Å². The first-order valence-corrected chi connectivity index (χ1v) is 12.9. The lowest BCUT2D eigenvalue weighted by molar-refractivity contribution is 0.0741. The lowest BCUT2D eigenvalue weighted by Gasteiger charge is -2.37. The molecule has 0 saturated heterocycles. The lowest BCUT2D eigenvalue weighted by Crippen LogP contribution is -2.49. The third-order valence-corrected chi connectivity index (χ3v) is 8.55. The van der Waals surface area contributed by atoms with Crippen LogP contribution in [0.5, 0.6) is 5.75 Å². The summed E-state index contributed by atoms with van der Waals surface area (Å²) in [6.45, 7) is 5.64. The van der Waals surface area contributed by atoms with Crippen molar-refractivity contribution in [3.63, 3.8) is 0 Å². The number of hydrogen-bond acceptors (Lipinski definition) is 5. The quantitative estimate of drug-likeness (QED) is 0.688. The number of hydrogen-bond donors (Lipinski definition) is 1. The van der Waals surface area contributed by atoms with E-state index in [9.17, 15) is 13.5 Å². The maximum Gasteiger partial charge on any atom is 0.247 e. The molecule has 1 aliphatic heterocycles. The molecule has 32 heavy (non-hydrogen) atoms. The van der Waals surface area contributed by atoms with Gasteiger partial charge in [0.1, 0.15) is 16.7 Å². The number of nitrogens with zero attached hydrogens (tertiary/aromatic N) is 2. The van der Waals surface area contributed by atoms with Crippen LogP contribution in [0.2, 0.25) is 0 Å². The second-order valence-electron chi connectivity index (χ2n) is 9.43. The average molecular weight is 459 g/mol. The van der Waals surface area contributed by atoms with E-state index in [-0.39, 0.29) is 23.5 Å². The molecule has 4 rings (SSSR count). The highest BCUT2D eigenvalue weighted by molar-refractivity contribution is 7.89. The molecule has 0 radical (unpaired) electrons. The molecule has 7 heteroatoms. The van der Waals surface area contributed by atoms with E-state index in [4.69, 9.17) is 4.74 Å². The lowest BCUT2D eigenvalue weighted by atomic mass is 10.0. The Kier molecular flexibility index (Phi) is 6.91. The molecule has 0 aromatic heterocycles. The van der Waals surface area contributed by atoms with Gasteiger partial charge >= 0.3 is 0 Å². The molecule has 1 N–H and O–H groups in total. The van der Waals surface area contributed by atoms with Gasteiger partial charge in [-0.25, -0.2) is 8.42 Å². The van der Waals surface area contributed by atoms with Crippen LogP contribution in [0.25, 0.3) is 11.1 Å². The minimum atomic E-state index is -3.81. The Labute approximate surface area is 191 Å². The van der Waals surface area contributed by atoms with Gasteiger partial charge in [-0.15, -0.1) is 0 Å². The molecule has 0 unspecified atom stereocenters. The van der Waals surface area contributed by atoms with Gasteiger partial charge in [0.2, 0.25) is 10.0 Å². The van der Waals surface area contributed by atoms with Crippen LogP contribution in [-0.2, 0) is 10.0 Å². The molecule has 0 bridgehead atoms. The predicted molar refractivity (Wildman–Crippen MR) is 126 cm³/mol. The molecular weight excluding hydrogens is 424 g/mol. The van der Waals surface area contributed by atoms with E-state index in [1.165, 1.54) is 17.1 Å². The van der Waals surface area contributed by atoms with Gasteiger partial charge in [0.05, 0.1) is 6.61 Å². The summed E-state index contributed by atoms with van der Waals surface area (Å²) in [5.41, 5.74) is 1.93. The Morgan fingerprint density at radius 2 is 1.84 bits per heavy atom. The summed E-state index contributed by atoms with van der Waals surface area (Å²) in [7, 11) is -1.70. The molecule has 3 atom stereocenters. The van der Waals surface area contributed by atoms with Gasteiger partial charge in [-0.05, 0) is 56.0 Å². The van der Waals surface area contributed by atoms with Crippen LogP contribution < -0.4 is 4.74 Å². The average Bonchev–Trinajstić information content (AvgIpc) is 3.59. The first-order chi connectivity index (χ1) is 15.3. The fourth-order valence-corrected chi connectivity index (χ4v) is 6.20. The number of sulfonamides is 1. The Bertz CT molecular complexity index is 1020. The van der Waals surface area contributed by atoms with Gasteiger partial charge in [0.25, 0.3) is 0 Å². The summed E-state index contributed by atoms with van der Waals surface area (Å²) < 4.78 is 35.1. The number of rotatable bonds is 7. The number of ether oxygens (including phenoxy) is 1. The number of benzene rings is 2. The van der Waals surface area contributed by atoms with E-state index in [1.807, 2.05) is 49.4 Å². The van der Waals surface area contributed by atoms with E-state index in [0.29, 0.717) is 12.3 Å². The molecule has 0 spiro atoms. The molecule has 174 valence electrons. The van der Waals surface area contributed by atoms with Crippen LogP contribution in [0.4, 0.5) is 0 Å². The number of aliphatic hydroxyl groups is 1. The first-order valence-electron chi connectivity index (χ1n) is 11.5. The largest absolute Gasteiger partial charge is 0.487 e. The second kappa shape index (κ2) is 9.51. The van der Waals surface area contributed by atoms with Crippen molar-refractivity contribution in [2.75, 3.05) is 33.3 Å². The van der Waals surface area contributed by atoms with Crippen molar-refractivity contribution in [3.05, 3.63) is 48.5 Å². The highest BCUT2D eigenvalue weighted by atomic mass is 32.2. The van der Waals surface area contributed by atoms with Crippen molar-refractivity contribution in [3.8, 4) is 16.9 Å². The summed E-state index contributed by atoms with van der Waals surface area (Å²) in [6, 6.07) is 14.7. The topological polar surface area (TPSA) is 70.1 Å². The van der Waals surface area contributed by atoms with Gasteiger partial charge < -0.3 is 14.7 Å². The summed E-state index contributed by atoms with van der Waals surface area (Å²) in [6.07, 6.45) is 2.41. The van der Waals surface area contributed by atoms with Gasteiger partial charge in [-0.2, -0.15) is 4.31 Å². The maximum absolute atomic E-state index is 13.6. The van der Waals surface area contributed by atoms with Crippen LogP contribution in [0.3, 0.4) is 0 Å². The zero-order valence-corrected chi connectivity index (χ0v) is 20.0. The van der Waals surface area contributed by atoms with Crippen LogP contribution in [0, 0.1) is 11.8 Å². The minimum absolute atomic E-state index is 0.0334. The summed E-state index contributed by atoms with van der Waals surface area (Å²) in [5.74, 6) is 1.12. The standard InChI is InChI=1S/C25H34N2O4S/c1-18-14-27(19(2)17-28)32(29,30)25-12-11-22(21-7-5-4-6-8-21)13-23(25)31-24(18)16-26(3)15-20-9-10-20/h4-8,11-13,18-20,24,28H,9-10,14-17H2,1-3H3/t18-,19+,24+/m1/s1. The van der Waals surface area contributed by atoms with E-state index >= 15 is 0 Å². The van der Waals surface area contributed by atoms with E-state index in [1.54, 1.807) is 13.0 Å². The first kappa shape index (κ1) is 23.2. The van der Waals surface area contributed by atoms with Gasteiger partial charge in [0, 0.05) is 31.6 Å². The van der Waals surface area contributed by atoms with Crippen molar-refractivity contribution >= 4 is 10.0 Å². The molecule has 1 saturated carbocycles. The minimum Gasteiger partial charge on any atom is -0.487 e. The normalized spacial score (nSPS) is 24.3. The highest BCUT2D eigenvalue weighted by Gasteiger charge is 2.38. The van der Waals surface area contributed by atoms with E-state index < -0.39 is 16.1 Å². The molecule has 6 nitrogen and oxygen atoms in total. The fraction of sp³-hybridized carbons (Fsp3) is 0.520. The van der Waals surface area contributed by atoms with Crippen molar-refractivity contribution in [1.29, 1.82) is 0 Å². The molecule has 2 aliphatic rings. The third kappa shape index (κ3) is 5.01. The molecule has 1 aliphatic carbocycles. The van der Waals surface area contributed by atoms with Crippen molar-refractivity contribution in [1.82, 2.24) is 9.21 Å². The van der Waals surface area contributed by atoms with Gasteiger partial charge in [0.15, 0.2) is 0 Å². The number of likely N-dealkylation sites (N-methyl/N-ethyl adjacent to an activating group) is 1. The predicted octanol–water partition coefficient (Wildman–Crippen LogP) is 3.46. The number of fused-ring (bicyclic) bond motifs is 1. The molecule has 2 aromatic rings. The van der Waals surface area contributed by atoms with Crippen molar-refractivity contribution in [2.24, 2.45) is 11.8 Å². The number of aliphatic hydroxyl groups excluding tert-OH is 1. The van der Waals surface area contributed by atoms with Gasteiger partial charge in [-0.3, -0.25) is 0 Å². The molecular formula is C25H34N2O4S. The Morgan fingerprint density at radius 3 is 2.50 bits per heavy atom. The van der Waals surface area contributed by atoms with Crippen molar-refractivity contribution < 1.29 is 18.3 Å². The zero-order valence-electron chi connectivity index (χ0n) is 19.1. The SMILES string of the molecule is C[C@@H]1CN([C@@H](C)CO)S(=O)(=O)c2ccc(-c3ccccc3)cc2O[C@H]1CN(C)CC1CC1. The maximum atomic E-state index is 13.6. The Hall–Kier alpha value is -1.93. The fourth-order valence-electron chi connectivity index (χ4n) is 4.38.